The van der Waals surface area contributed by atoms with Gasteiger partial charge in [-0.25, -0.2) is 0 Å². The maximum absolute atomic E-state index is 10.7. The van der Waals surface area contributed by atoms with Gasteiger partial charge in [-0.1, -0.05) is 13.8 Å². The first kappa shape index (κ1) is 15.7. The molecule has 0 spiro atoms. The van der Waals surface area contributed by atoms with Crippen molar-refractivity contribution in [1.29, 1.82) is 0 Å². The molecule has 0 saturated carbocycles. The Morgan fingerprint density at radius 2 is 1.84 bits per heavy atom. The molecule has 6 nitrogen and oxygen atoms in total. The molecule has 0 radical (unpaired) electrons. The molecule has 0 bridgehead atoms. The summed E-state index contributed by atoms with van der Waals surface area (Å²) in [5.41, 5.74) is 0.844. The molecule has 108 valence electrons. The molecule has 19 heavy (non-hydrogen) atoms. The third kappa shape index (κ3) is 4.70. The molecule has 1 atom stereocenters. The van der Waals surface area contributed by atoms with Crippen molar-refractivity contribution in [2.75, 3.05) is 0 Å². The molecule has 7 heteroatoms. The van der Waals surface area contributed by atoms with Gasteiger partial charge in [-0.2, -0.15) is 8.42 Å². The van der Waals surface area contributed by atoms with E-state index in [2.05, 4.69) is 4.18 Å². The van der Waals surface area contributed by atoms with Crippen LogP contribution in [0, 0.1) is 0 Å². The summed E-state index contributed by atoms with van der Waals surface area (Å²) in [6, 6.07) is 2.63. The minimum atomic E-state index is -4.62. The van der Waals surface area contributed by atoms with Gasteiger partial charge in [0.05, 0.1) is 6.10 Å². The molecule has 1 aromatic rings. The molecular formula is C12H18O6S. The molecule has 0 saturated heterocycles. The van der Waals surface area contributed by atoms with Crippen LogP contribution in [0.3, 0.4) is 0 Å². The Hall–Kier alpha value is -1.31. The maximum Gasteiger partial charge on any atom is 0.446 e. The van der Waals surface area contributed by atoms with Crippen molar-refractivity contribution in [3.8, 4) is 11.5 Å². The fourth-order valence-corrected chi connectivity index (χ4v) is 2.11. The number of aliphatic hydroxyl groups is 1. The van der Waals surface area contributed by atoms with E-state index in [-0.39, 0.29) is 23.8 Å². The molecule has 0 aromatic heterocycles. The lowest BCUT2D eigenvalue weighted by molar-refractivity contribution is 0.194. The van der Waals surface area contributed by atoms with Gasteiger partial charge >= 0.3 is 10.4 Å². The molecule has 0 amide bonds. The number of rotatable bonds is 5. The van der Waals surface area contributed by atoms with Gasteiger partial charge in [0.1, 0.15) is 11.5 Å². The second-order valence-corrected chi connectivity index (χ2v) is 5.76. The smallest absolute Gasteiger partial charge is 0.446 e. The van der Waals surface area contributed by atoms with E-state index in [1.165, 1.54) is 12.1 Å². The second kappa shape index (κ2) is 5.77. The van der Waals surface area contributed by atoms with Crippen LogP contribution >= 0.6 is 0 Å². The largest absolute Gasteiger partial charge is 0.507 e. The van der Waals surface area contributed by atoms with Gasteiger partial charge in [-0.15, -0.1) is 0 Å². The van der Waals surface area contributed by atoms with Crippen molar-refractivity contribution in [3.05, 3.63) is 23.3 Å². The quantitative estimate of drug-likeness (QED) is 0.712. The van der Waals surface area contributed by atoms with Crippen molar-refractivity contribution in [2.45, 2.75) is 39.2 Å². The van der Waals surface area contributed by atoms with Gasteiger partial charge < -0.3 is 14.4 Å². The molecule has 0 aliphatic heterocycles. The lowest BCUT2D eigenvalue weighted by Gasteiger charge is -2.15. The number of hydrogen-bond acceptors (Lipinski definition) is 5. The predicted octanol–water partition coefficient (Wildman–Crippen LogP) is 1.62. The van der Waals surface area contributed by atoms with Gasteiger partial charge in [0.25, 0.3) is 0 Å². The highest BCUT2D eigenvalue weighted by molar-refractivity contribution is 7.81. The van der Waals surface area contributed by atoms with Crippen molar-refractivity contribution in [1.82, 2.24) is 0 Å². The highest BCUT2D eigenvalue weighted by Gasteiger charge is 2.17. The van der Waals surface area contributed by atoms with Crippen LogP contribution < -0.4 is 4.18 Å². The number of aliphatic hydroxyl groups excluding tert-OH is 1. The average molecular weight is 290 g/mol. The lowest BCUT2D eigenvalue weighted by Crippen LogP contribution is -2.09. The van der Waals surface area contributed by atoms with Crippen LogP contribution in [0.25, 0.3) is 0 Å². The molecule has 0 aliphatic rings. The number of phenolic OH excluding ortho intramolecular Hbond substituents is 1. The number of benzene rings is 1. The summed E-state index contributed by atoms with van der Waals surface area (Å²) < 4.78 is 34.5. The summed E-state index contributed by atoms with van der Waals surface area (Å²) in [7, 11) is -4.62. The molecule has 3 N–H and O–H groups in total. The van der Waals surface area contributed by atoms with Crippen LogP contribution in [-0.4, -0.2) is 29.3 Å². The Morgan fingerprint density at radius 1 is 1.26 bits per heavy atom. The molecule has 1 aromatic carbocycles. The summed E-state index contributed by atoms with van der Waals surface area (Å²) >= 11 is 0. The minimum absolute atomic E-state index is 0.00131. The Balaban J connectivity index is 3.30. The predicted molar refractivity (Wildman–Crippen MR) is 69.8 cm³/mol. The third-order valence-electron chi connectivity index (χ3n) is 2.53. The standard InChI is InChI=1S/C12H18O6S/c1-7(2)11-6-10(18-19(15,16)17)5-9(12(11)14)4-8(3)13/h5-8,13-14H,4H2,1-3H3,(H,15,16,17). The molecule has 0 fully saturated rings. The molecule has 0 heterocycles. The van der Waals surface area contributed by atoms with Crippen molar-refractivity contribution in [3.63, 3.8) is 0 Å². The summed E-state index contributed by atoms with van der Waals surface area (Å²) in [5, 5.41) is 19.4. The zero-order chi connectivity index (χ0) is 14.8. The second-order valence-electron chi connectivity index (χ2n) is 4.74. The Kier molecular flexibility index (Phi) is 4.78. The molecular weight excluding hydrogens is 272 g/mol. The van der Waals surface area contributed by atoms with Gasteiger partial charge in [0, 0.05) is 17.5 Å². The normalized spacial score (nSPS) is 13.6. The Bertz CT molecular complexity index is 548. The Labute approximate surface area is 112 Å². The maximum atomic E-state index is 10.7. The summed E-state index contributed by atoms with van der Waals surface area (Å²) in [6.45, 7) is 5.18. The van der Waals surface area contributed by atoms with Crippen LogP contribution in [-0.2, 0) is 16.8 Å². The summed E-state index contributed by atoms with van der Waals surface area (Å²) in [5.74, 6) is -0.170. The average Bonchev–Trinajstić information content (AvgIpc) is 2.19. The highest BCUT2D eigenvalue weighted by Crippen LogP contribution is 2.34. The zero-order valence-electron chi connectivity index (χ0n) is 11.0. The van der Waals surface area contributed by atoms with Gasteiger partial charge in [0.2, 0.25) is 0 Å². The van der Waals surface area contributed by atoms with Crippen LogP contribution in [0.5, 0.6) is 11.5 Å². The first-order valence-electron chi connectivity index (χ1n) is 5.81. The SMILES string of the molecule is CC(O)Cc1cc(OS(=O)(=O)O)cc(C(C)C)c1O. The lowest BCUT2D eigenvalue weighted by atomic mass is 9.96. The van der Waals surface area contributed by atoms with E-state index in [0.29, 0.717) is 11.1 Å². The van der Waals surface area contributed by atoms with Crippen LogP contribution in [0.4, 0.5) is 0 Å². The zero-order valence-corrected chi connectivity index (χ0v) is 11.8. The summed E-state index contributed by atoms with van der Waals surface area (Å²) in [4.78, 5) is 0. The van der Waals surface area contributed by atoms with E-state index < -0.39 is 16.5 Å². The van der Waals surface area contributed by atoms with Crippen molar-refractivity contribution < 1.29 is 27.4 Å². The number of hydrogen-bond donors (Lipinski definition) is 3. The minimum Gasteiger partial charge on any atom is -0.507 e. The fraction of sp³-hybridized carbons (Fsp3) is 0.500. The fourth-order valence-electron chi connectivity index (χ4n) is 1.77. The van der Waals surface area contributed by atoms with Crippen LogP contribution in [0.15, 0.2) is 12.1 Å². The third-order valence-corrected chi connectivity index (χ3v) is 2.93. The summed E-state index contributed by atoms with van der Waals surface area (Å²) in [6.07, 6.45) is -0.555. The van der Waals surface area contributed by atoms with E-state index in [9.17, 15) is 18.6 Å². The van der Waals surface area contributed by atoms with Gasteiger partial charge in [-0.3, -0.25) is 4.55 Å². The van der Waals surface area contributed by atoms with E-state index in [4.69, 9.17) is 4.55 Å². The van der Waals surface area contributed by atoms with E-state index in [0.717, 1.165) is 0 Å². The first-order chi connectivity index (χ1) is 8.60. The van der Waals surface area contributed by atoms with E-state index in [1.54, 1.807) is 6.92 Å². The number of phenols is 1. The van der Waals surface area contributed by atoms with E-state index in [1.807, 2.05) is 13.8 Å². The highest BCUT2D eigenvalue weighted by atomic mass is 32.3. The monoisotopic (exact) mass is 290 g/mol. The molecule has 1 unspecified atom stereocenters. The van der Waals surface area contributed by atoms with Crippen molar-refractivity contribution in [2.24, 2.45) is 0 Å². The van der Waals surface area contributed by atoms with Gasteiger partial charge in [-0.05, 0) is 25.0 Å². The molecule has 0 aliphatic carbocycles. The van der Waals surface area contributed by atoms with E-state index >= 15 is 0 Å². The number of aromatic hydroxyl groups is 1. The molecule has 1 rings (SSSR count). The Morgan fingerprint density at radius 3 is 2.26 bits per heavy atom. The van der Waals surface area contributed by atoms with Crippen molar-refractivity contribution >= 4 is 10.4 Å². The van der Waals surface area contributed by atoms with Crippen LogP contribution in [0.1, 0.15) is 37.8 Å². The van der Waals surface area contributed by atoms with Crippen LogP contribution in [0.2, 0.25) is 0 Å². The topological polar surface area (TPSA) is 104 Å². The van der Waals surface area contributed by atoms with Gasteiger partial charge in [0.15, 0.2) is 0 Å². The first-order valence-corrected chi connectivity index (χ1v) is 7.17.